The molecule has 1 aromatic rings. The van der Waals surface area contributed by atoms with Crippen LogP contribution in [0.15, 0.2) is 35.9 Å². The highest BCUT2D eigenvalue weighted by Crippen LogP contribution is 2.13. The van der Waals surface area contributed by atoms with Gasteiger partial charge in [-0.3, -0.25) is 4.79 Å². The fourth-order valence-electron chi connectivity index (χ4n) is 2.95. The minimum absolute atomic E-state index is 0.0921. The van der Waals surface area contributed by atoms with Crippen molar-refractivity contribution in [2.75, 3.05) is 0 Å². The standard InChI is InChI=1S/C25H35NO4/c1-4-5-6-7-8-9-10-14-17-24(27)29-20(2)21(3)30-25(28)23(19-26)18-22-15-12-11-13-16-22/h11-13,15-16,18,20-21H,4-10,14,17H2,1-3H3. The van der Waals surface area contributed by atoms with Gasteiger partial charge in [-0.2, -0.15) is 5.26 Å². The molecule has 2 unspecified atom stereocenters. The summed E-state index contributed by atoms with van der Waals surface area (Å²) in [4.78, 5) is 24.3. The van der Waals surface area contributed by atoms with Crippen molar-refractivity contribution in [1.29, 1.82) is 5.26 Å². The van der Waals surface area contributed by atoms with Crippen LogP contribution in [0.1, 0.15) is 84.1 Å². The molecule has 0 aromatic heterocycles. The first-order valence-electron chi connectivity index (χ1n) is 11.0. The summed E-state index contributed by atoms with van der Waals surface area (Å²) in [5, 5.41) is 9.25. The summed E-state index contributed by atoms with van der Waals surface area (Å²) < 4.78 is 10.7. The van der Waals surface area contributed by atoms with Gasteiger partial charge in [-0.05, 0) is 31.9 Å². The number of ether oxygens (including phenoxy) is 2. The number of nitriles is 1. The first-order chi connectivity index (χ1) is 14.5. The number of benzene rings is 1. The summed E-state index contributed by atoms with van der Waals surface area (Å²) in [6.45, 7) is 5.55. The molecule has 0 heterocycles. The van der Waals surface area contributed by atoms with Crippen LogP contribution in [-0.2, 0) is 19.1 Å². The highest BCUT2D eigenvalue weighted by Gasteiger charge is 2.22. The Kier molecular flexibility index (Phi) is 12.9. The lowest BCUT2D eigenvalue weighted by Gasteiger charge is -2.20. The van der Waals surface area contributed by atoms with Gasteiger partial charge >= 0.3 is 11.9 Å². The lowest BCUT2D eigenvalue weighted by Crippen LogP contribution is -2.31. The van der Waals surface area contributed by atoms with Crippen molar-refractivity contribution >= 4 is 18.0 Å². The van der Waals surface area contributed by atoms with Gasteiger partial charge in [0.15, 0.2) is 0 Å². The predicted molar refractivity (Wildman–Crippen MR) is 118 cm³/mol. The van der Waals surface area contributed by atoms with Crippen LogP contribution in [0.3, 0.4) is 0 Å². The van der Waals surface area contributed by atoms with Crippen LogP contribution < -0.4 is 0 Å². The third-order valence-corrected chi connectivity index (χ3v) is 4.96. The Hall–Kier alpha value is -2.61. The Morgan fingerprint density at radius 1 is 0.933 bits per heavy atom. The number of unbranched alkanes of at least 4 members (excludes halogenated alkanes) is 7. The van der Waals surface area contributed by atoms with E-state index in [4.69, 9.17) is 9.47 Å². The van der Waals surface area contributed by atoms with Crippen molar-refractivity contribution in [3.05, 3.63) is 41.5 Å². The minimum Gasteiger partial charge on any atom is -0.459 e. The maximum atomic E-state index is 12.3. The molecule has 0 saturated carbocycles. The zero-order valence-electron chi connectivity index (χ0n) is 18.6. The molecule has 30 heavy (non-hydrogen) atoms. The normalized spacial score (nSPS) is 13.2. The quantitative estimate of drug-likeness (QED) is 0.162. The van der Waals surface area contributed by atoms with Gasteiger partial charge < -0.3 is 9.47 Å². The molecule has 0 aliphatic heterocycles. The third-order valence-electron chi connectivity index (χ3n) is 4.96. The number of carbonyl (C=O) groups excluding carboxylic acids is 2. The Balaban J connectivity index is 2.33. The second kappa shape index (κ2) is 15.3. The van der Waals surface area contributed by atoms with Gasteiger partial charge in [0, 0.05) is 6.42 Å². The van der Waals surface area contributed by atoms with Gasteiger partial charge in [-0.25, -0.2) is 4.79 Å². The van der Waals surface area contributed by atoms with E-state index in [1.165, 1.54) is 38.2 Å². The van der Waals surface area contributed by atoms with Crippen LogP contribution in [0.2, 0.25) is 0 Å². The molecule has 0 aliphatic rings. The number of nitrogens with zero attached hydrogens (tertiary/aromatic N) is 1. The van der Waals surface area contributed by atoms with E-state index < -0.39 is 18.2 Å². The van der Waals surface area contributed by atoms with Crippen molar-refractivity contribution < 1.29 is 19.1 Å². The molecular formula is C25H35NO4. The molecular weight excluding hydrogens is 378 g/mol. The van der Waals surface area contributed by atoms with Crippen LogP contribution >= 0.6 is 0 Å². The Labute approximate surface area is 181 Å². The highest BCUT2D eigenvalue weighted by atomic mass is 16.6. The number of esters is 2. The van der Waals surface area contributed by atoms with Gasteiger partial charge in [0.2, 0.25) is 0 Å². The van der Waals surface area contributed by atoms with Crippen molar-refractivity contribution in [2.45, 2.75) is 90.8 Å². The minimum atomic E-state index is -0.722. The molecule has 0 radical (unpaired) electrons. The van der Waals surface area contributed by atoms with E-state index in [0.29, 0.717) is 6.42 Å². The maximum absolute atomic E-state index is 12.3. The summed E-state index contributed by atoms with van der Waals surface area (Å²) >= 11 is 0. The first kappa shape index (κ1) is 25.4. The molecule has 5 heteroatoms. The second-order valence-corrected chi connectivity index (χ2v) is 7.61. The number of hydrogen-bond acceptors (Lipinski definition) is 5. The van der Waals surface area contributed by atoms with Crippen molar-refractivity contribution in [2.24, 2.45) is 0 Å². The van der Waals surface area contributed by atoms with Gasteiger partial charge in [0.05, 0.1) is 0 Å². The third kappa shape index (κ3) is 10.8. The molecule has 0 bridgehead atoms. The van der Waals surface area contributed by atoms with E-state index in [2.05, 4.69) is 6.92 Å². The lowest BCUT2D eigenvalue weighted by molar-refractivity contribution is -0.162. The van der Waals surface area contributed by atoms with E-state index in [1.807, 2.05) is 24.3 Å². The topological polar surface area (TPSA) is 76.4 Å². The van der Waals surface area contributed by atoms with E-state index in [1.54, 1.807) is 26.0 Å². The fraction of sp³-hybridized carbons (Fsp3) is 0.560. The average molecular weight is 414 g/mol. The van der Waals surface area contributed by atoms with Gasteiger partial charge in [0.25, 0.3) is 0 Å². The van der Waals surface area contributed by atoms with Crippen molar-refractivity contribution in [1.82, 2.24) is 0 Å². The maximum Gasteiger partial charge on any atom is 0.349 e. The van der Waals surface area contributed by atoms with Crippen molar-refractivity contribution in [3.8, 4) is 6.07 Å². The molecule has 1 aromatic carbocycles. The largest absolute Gasteiger partial charge is 0.459 e. The second-order valence-electron chi connectivity index (χ2n) is 7.61. The monoisotopic (exact) mass is 413 g/mol. The number of carbonyl (C=O) groups is 2. The summed E-state index contributed by atoms with van der Waals surface area (Å²) in [7, 11) is 0. The Morgan fingerprint density at radius 2 is 1.50 bits per heavy atom. The van der Waals surface area contributed by atoms with Crippen LogP contribution in [0.4, 0.5) is 0 Å². The smallest absolute Gasteiger partial charge is 0.349 e. The van der Waals surface area contributed by atoms with Gasteiger partial charge in [-0.1, -0.05) is 82.2 Å². The van der Waals surface area contributed by atoms with Crippen LogP contribution in [0, 0.1) is 11.3 Å². The highest BCUT2D eigenvalue weighted by molar-refractivity contribution is 5.98. The zero-order chi connectivity index (χ0) is 22.2. The van der Waals surface area contributed by atoms with E-state index in [9.17, 15) is 14.9 Å². The molecule has 2 atom stereocenters. The Bertz CT molecular complexity index is 706. The van der Waals surface area contributed by atoms with Crippen LogP contribution in [-0.4, -0.2) is 24.1 Å². The first-order valence-corrected chi connectivity index (χ1v) is 11.0. The molecule has 0 amide bonds. The van der Waals surface area contributed by atoms with Crippen LogP contribution in [0.5, 0.6) is 0 Å². The number of hydrogen-bond donors (Lipinski definition) is 0. The number of rotatable bonds is 14. The SMILES string of the molecule is CCCCCCCCCCC(=O)OC(C)C(C)OC(=O)C(C#N)=Cc1ccccc1. The van der Waals surface area contributed by atoms with Crippen molar-refractivity contribution in [3.63, 3.8) is 0 Å². The van der Waals surface area contributed by atoms with E-state index in [-0.39, 0.29) is 11.5 Å². The molecule has 0 fully saturated rings. The summed E-state index contributed by atoms with van der Waals surface area (Å²) in [5.41, 5.74) is 0.647. The fourth-order valence-corrected chi connectivity index (χ4v) is 2.95. The van der Waals surface area contributed by atoms with Gasteiger partial charge in [-0.15, -0.1) is 0 Å². The molecule has 0 saturated heterocycles. The zero-order valence-corrected chi connectivity index (χ0v) is 18.6. The molecule has 0 spiro atoms. The molecule has 0 aliphatic carbocycles. The molecule has 0 N–H and O–H groups in total. The molecule has 164 valence electrons. The lowest BCUT2D eigenvalue weighted by atomic mass is 10.1. The summed E-state index contributed by atoms with van der Waals surface area (Å²) in [6, 6.07) is 11.0. The summed E-state index contributed by atoms with van der Waals surface area (Å²) in [6.07, 6.45) is 9.93. The van der Waals surface area contributed by atoms with E-state index >= 15 is 0 Å². The predicted octanol–water partition coefficient (Wildman–Crippen LogP) is 5.99. The van der Waals surface area contributed by atoms with E-state index in [0.717, 1.165) is 24.8 Å². The molecule has 5 nitrogen and oxygen atoms in total. The van der Waals surface area contributed by atoms with Gasteiger partial charge in [0.1, 0.15) is 23.9 Å². The summed E-state index contributed by atoms with van der Waals surface area (Å²) in [5.74, 6) is -1.00. The van der Waals surface area contributed by atoms with Crippen LogP contribution in [0.25, 0.3) is 6.08 Å². The average Bonchev–Trinajstić information content (AvgIpc) is 2.74. The Morgan fingerprint density at radius 3 is 2.10 bits per heavy atom. The molecule has 1 rings (SSSR count).